The average Bonchev–Trinajstić information content (AvgIpc) is 3.28. The van der Waals surface area contributed by atoms with Crippen molar-refractivity contribution in [3.8, 4) is 17.1 Å². The van der Waals surface area contributed by atoms with Crippen molar-refractivity contribution in [2.24, 2.45) is 0 Å². The molecule has 2 N–H and O–H groups in total. The van der Waals surface area contributed by atoms with E-state index < -0.39 is 6.04 Å². The third kappa shape index (κ3) is 4.13. The van der Waals surface area contributed by atoms with Gasteiger partial charge in [0.05, 0.1) is 12.7 Å². The van der Waals surface area contributed by atoms with Gasteiger partial charge in [0.2, 0.25) is 5.95 Å². The van der Waals surface area contributed by atoms with Gasteiger partial charge in [0.25, 0.3) is 5.91 Å². The monoisotopic (exact) mass is 471 g/mol. The highest BCUT2D eigenvalue weighted by molar-refractivity contribution is 6.30. The Morgan fingerprint density at radius 2 is 1.82 bits per heavy atom. The number of hydrogen-bond donors (Lipinski definition) is 2. The van der Waals surface area contributed by atoms with Gasteiger partial charge in [-0.1, -0.05) is 54.1 Å². The number of amides is 1. The topological polar surface area (TPSA) is 81.1 Å². The summed E-state index contributed by atoms with van der Waals surface area (Å²) in [5, 5.41) is 11.7. The third-order valence-electron chi connectivity index (χ3n) is 5.64. The molecule has 0 aliphatic carbocycles. The summed E-state index contributed by atoms with van der Waals surface area (Å²) < 4.78 is 7.09. The van der Waals surface area contributed by atoms with E-state index in [0.29, 0.717) is 39.5 Å². The molecule has 34 heavy (non-hydrogen) atoms. The van der Waals surface area contributed by atoms with Gasteiger partial charge in [0, 0.05) is 22.0 Å². The summed E-state index contributed by atoms with van der Waals surface area (Å²) in [6.45, 7) is 1.87. The summed E-state index contributed by atoms with van der Waals surface area (Å²) >= 11 is 6.15. The second-order valence-corrected chi connectivity index (χ2v) is 8.31. The van der Waals surface area contributed by atoms with Crippen LogP contribution >= 0.6 is 11.6 Å². The molecule has 8 heteroatoms. The summed E-state index contributed by atoms with van der Waals surface area (Å²) in [5.41, 5.74) is 3.63. The summed E-state index contributed by atoms with van der Waals surface area (Å²) in [5.74, 6) is 1.56. The number of carbonyl (C=O) groups excluding carboxylic acids is 1. The fourth-order valence-electron chi connectivity index (χ4n) is 4.00. The number of halogens is 1. The zero-order chi connectivity index (χ0) is 23.7. The first-order chi connectivity index (χ1) is 16.5. The Hall–Kier alpha value is -4.10. The number of ether oxygens (including phenoxy) is 1. The molecule has 0 bridgehead atoms. The molecule has 1 aliphatic heterocycles. The van der Waals surface area contributed by atoms with E-state index in [1.807, 2.05) is 73.7 Å². The van der Waals surface area contributed by atoms with Crippen molar-refractivity contribution in [3.63, 3.8) is 0 Å². The van der Waals surface area contributed by atoms with E-state index in [1.165, 1.54) is 0 Å². The molecule has 0 radical (unpaired) electrons. The lowest BCUT2D eigenvalue weighted by Gasteiger charge is -2.28. The number of hydrogen-bond acceptors (Lipinski definition) is 5. The molecule has 1 unspecified atom stereocenters. The Labute approximate surface area is 202 Å². The first kappa shape index (κ1) is 21.7. The van der Waals surface area contributed by atoms with Gasteiger partial charge < -0.3 is 15.4 Å². The minimum absolute atomic E-state index is 0.222. The molecule has 3 aromatic carbocycles. The maximum absolute atomic E-state index is 13.5. The van der Waals surface area contributed by atoms with Crippen LogP contribution in [0.25, 0.3) is 11.4 Å². The van der Waals surface area contributed by atoms with E-state index in [9.17, 15) is 4.79 Å². The Morgan fingerprint density at radius 3 is 2.56 bits per heavy atom. The van der Waals surface area contributed by atoms with Gasteiger partial charge >= 0.3 is 0 Å². The molecule has 5 rings (SSSR count). The maximum Gasteiger partial charge on any atom is 0.255 e. The number of benzene rings is 3. The van der Waals surface area contributed by atoms with Crippen LogP contribution in [0, 0.1) is 0 Å². The van der Waals surface area contributed by atoms with Crippen LogP contribution in [-0.2, 0) is 4.79 Å². The van der Waals surface area contributed by atoms with Crippen molar-refractivity contribution in [2.45, 2.75) is 13.0 Å². The van der Waals surface area contributed by atoms with Crippen LogP contribution in [0.1, 0.15) is 18.5 Å². The van der Waals surface area contributed by atoms with E-state index in [1.54, 1.807) is 23.9 Å². The van der Waals surface area contributed by atoms with Crippen molar-refractivity contribution in [1.29, 1.82) is 0 Å². The molecular formula is C26H22ClN5O2. The number of nitrogens with zero attached hydrogens (tertiary/aromatic N) is 3. The molecule has 7 nitrogen and oxygen atoms in total. The van der Waals surface area contributed by atoms with Gasteiger partial charge in [-0.15, -0.1) is 5.10 Å². The molecule has 2 heterocycles. The zero-order valence-corrected chi connectivity index (χ0v) is 19.4. The van der Waals surface area contributed by atoms with E-state index in [-0.39, 0.29) is 5.91 Å². The molecule has 1 aliphatic rings. The van der Waals surface area contributed by atoms with E-state index in [0.717, 1.165) is 11.1 Å². The lowest BCUT2D eigenvalue weighted by atomic mass is 9.95. The van der Waals surface area contributed by atoms with Crippen LogP contribution in [-0.4, -0.2) is 27.8 Å². The summed E-state index contributed by atoms with van der Waals surface area (Å²) in [4.78, 5) is 18.2. The lowest BCUT2D eigenvalue weighted by Crippen LogP contribution is -2.31. The predicted molar refractivity (Wildman–Crippen MR) is 133 cm³/mol. The van der Waals surface area contributed by atoms with Crippen LogP contribution in [0.5, 0.6) is 5.75 Å². The number of nitrogens with one attached hydrogen (secondary N) is 2. The summed E-state index contributed by atoms with van der Waals surface area (Å²) in [6.07, 6.45) is 0. The van der Waals surface area contributed by atoms with Crippen LogP contribution < -0.4 is 15.4 Å². The highest BCUT2D eigenvalue weighted by Gasteiger charge is 2.34. The van der Waals surface area contributed by atoms with Crippen molar-refractivity contribution in [3.05, 3.63) is 101 Å². The van der Waals surface area contributed by atoms with Crippen LogP contribution in [0.4, 0.5) is 11.6 Å². The third-order valence-corrected chi connectivity index (χ3v) is 5.89. The fourth-order valence-corrected chi connectivity index (χ4v) is 4.13. The van der Waals surface area contributed by atoms with Crippen molar-refractivity contribution in [2.75, 3.05) is 17.7 Å². The smallest absolute Gasteiger partial charge is 0.255 e. The first-order valence-corrected chi connectivity index (χ1v) is 11.1. The normalized spacial score (nSPS) is 14.9. The Morgan fingerprint density at radius 1 is 1.06 bits per heavy atom. The predicted octanol–water partition coefficient (Wildman–Crippen LogP) is 5.53. The maximum atomic E-state index is 13.5. The van der Waals surface area contributed by atoms with E-state index >= 15 is 0 Å². The van der Waals surface area contributed by atoms with Crippen LogP contribution in [0.3, 0.4) is 0 Å². The van der Waals surface area contributed by atoms with E-state index in [2.05, 4.69) is 10.6 Å². The molecule has 1 aromatic heterocycles. The SMILES string of the molecule is COc1cccc(-c2nc3n(n2)C(c2ccc(Cl)cc2)C(C(=O)Nc2ccccc2)=C(C)N3)c1. The standard InChI is InChI=1S/C26H22ClN5O2/c1-16-22(25(33)29-20-8-4-3-5-9-20)23(17-11-13-19(27)14-12-17)32-26(28-16)30-24(31-32)18-7-6-10-21(15-18)34-2/h3-15,23H,1-2H3,(H,29,33)(H,28,30,31). The number of carbonyl (C=O) groups is 1. The van der Waals surface area contributed by atoms with Crippen LogP contribution in [0.2, 0.25) is 5.02 Å². The second-order valence-electron chi connectivity index (χ2n) is 7.87. The Balaban J connectivity index is 1.60. The highest BCUT2D eigenvalue weighted by Crippen LogP contribution is 2.37. The second kappa shape index (κ2) is 9.03. The molecule has 1 atom stereocenters. The summed E-state index contributed by atoms with van der Waals surface area (Å²) in [7, 11) is 1.62. The minimum Gasteiger partial charge on any atom is -0.497 e. The number of aromatic nitrogens is 3. The first-order valence-electron chi connectivity index (χ1n) is 10.7. The molecule has 0 fully saturated rings. The van der Waals surface area contributed by atoms with Crippen molar-refractivity contribution < 1.29 is 9.53 Å². The van der Waals surface area contributed by atoms with Gasteiger partial charge in [-0.2, -0.15) is 4.98 Å². The number of allylic oxidation sites excluding steroid dienone is 1. The van der Waals surface area contributed by atoms with Gasteiger partial charge in [0.15, 0.2) is 5.82 Å². The molecule has 0 saturated heterocycles. The summed E-state index contributed by atoms with van der Waals surface area (Å²) in [6, 6.07) is 23.8. The number of anilines is 2. The molecular weight excluding hydrogens is 450 g/mol. The fraction of sp³-hybridized carbons (Fsp3) is 0.115. The largest absolute Gasteiger partial charge is 0.497 e. The quantitative estimate of drug-likeness (QED) is 0.399. The molecule has 4 aromatic rings. The molecule has 1 amide bonds. The van der Waals surface area contributed by atoms with E-state index in [4.69, 9.17) is 26.4 Å². The number of methoxy groups -OCH3 is 1. The van der Waals surface area contributed by atoms with Crippen molar-refractivity contribution in [1.82, 2.24) is 14.8 Å². The Bertz CT molecular complexity index is 1380. The number of para-hydroxylation sites is 1. The van der Waals surface area contributed by atoms with Gasteiger partial charge in [0.1, 0.15) is 11.8 Å². The van der Waals surface area contributed by atoms with Gasteiger partial charge in [-0.3, -0.25) is 4.79 Å². The minimum atomic E-state index is -0.496. The Kier molecular flexibility index (Phi) is 5.77. The zero-order valence-electron chi connectivity index (χ0n) is 18.6. The molecule has 170 valence electrons. The number of fused-ring (bicyclic) bond motifs is 1. The highest BCUT2D eigenvalue weighted by atomic mass is 35.5. The van der Waals surface area contributed by atoms with Crippen LogP contribution in [0.15, 0.2) is 90.1 Å². The van der Waals surface area contributed by atoms with Gasteiger partial charge in [-0.05, 0) is 48.9 Å². The van der Waals surface area contributed by atoms with Crippen molar-refractivity contribution >= 4 is 29.1 Å². The number of rotatable bonds is 5. The molecule has 0 spiro atoms. The van der Waals surface area contributed by atoms with Gasteiger partial charge in [-0.25, -0.2) is 4.68 Å². The molecule has 0 saturated carbocycles. The average molecular weight is 472 g/mol. The lowest BCUT2D eigenvalue weighted by molar-refractivity contribution is -0.113.